The van der Waals surface area contributed by atoms with Gasteiger partial charge in [-0.15, -0.1) is 5.21 Å². The van der Waals surface area contributed by atoms with Crippen molar-refractivity contribution in [3.05, 3.63) is 5.56 Å². The third-order valence-corrected chi connectivity index (χ3v) is 12.6. The molecule has 1 saturated carbocycles. The molecule has 166 valence electrons. The number of phenols is 1. The molecule has 18 heteroatoms. The van der Waals surface area contributed by atoms with E-state index in [-0.39, 0.29) is 15.6 Å². The summed E-state index contributed by atoms with van der Waals surface area (Å²) in [5.41, 5.74) is 4.11. The molecule has 1 aromatic rings. The molecule has 0 radical (unpaired) electrons. The topological polar surface area (TPSA) is 43.7 Å². The largest absolute Gasteiger partial charge is 0.509 e. The number of phenolic OH excluding ortho intramolecular Hbond substituents is 1. The highest BCUT2D eigenvalue weighted by Crippen LogP contribution is 2.83. The first-order chi connectivity index (χ1) is 14.8. The van der Waals surface area contributed by atoms with Gasteiger partial charge < -0.3 is 15.1 Å². The van der Waals surface area contributed by atoms with Crippen LogP contribution in [0.2, 0.25) is 26.1 Å². The van der Waals surface area contributed by atoms with Gasteiger partial charge in [0.05, 0.1) is 47.1 Å². The summed E-state index contributed by atoms with van der Waals surface area (Å²) in [5, 5.41) is 22.7. The van der Waals surface area contributed by atoms with E-state index >= 15 is 0 Å². The maximum absolute atomic E-state index is 13.7. The van der Waals surface area contributed by atoms with Gasteiger partial charge in [0, 0.05) is 17.5 Å². The van der Waals surface area contributed by atoms with Gasteiger partial charge in [0.1, 0.15) is 76.4 Å². The zero-order valence-electron chi connectivity index (χ0n) is 25.5. The fraction of sp³-hybridized carbons (Fsp3) is 0.625. The van der Waals surface area contributed by atoms with Gasteiger partial charge in [-0.1, -0.05) is 48.3 Å². The number of benzene rings is 1. The standard InChI is InChI=1S/C16H40B15NO2/c1-32(2)3-10(21,4-5(17)7(19)9(33)8(20)6(4)18)11(34)12(22,23)14(26,27)16(30,31)15(28,29)13(11,24)25/h33-34H,3,17-31H2,1-2H3. The van der Waals surface area contributed by atoms with Crippen molar-refractivity contribution >= 4 is 140 Å². The van der Waals surface area contributed by atoms with Crippen molar-refractivity contribution in [3.63, 3.8) is 0 Å². The number of aliphatic hydroxyl groups is 1. The van der Waals surface area contributed by atoms with Crippen molar-refractivity contribution < 1.29 is 10.2 Å². The maximum Gasteiger partial charge on any atom is 0.143 e. The minimum Gasteiger partial charge on any atom is -0.509 e. The summed E-state index contributed by atoms with van der Waals surface area (Å²) in [6, 6.07) is 0. The molecule has 1 aliphatic rings. The number of nitrogens with zero attached hydrogens (tertiary/aromatic N) is 1. The van der Waals surface area contributed by atoms with Crippen LogP contribution >= 0.6 is 0 Å². The Kier molecular flexibility index (Phi) is 7.27. The Morgan fingerprint density at radius 2 is 0.941 bits per heavy atom. The van der Waals surface area contributed by atoms with Crippen LogP contribution in [0, 0.1) is 0 Å². The van der Waals surface area contributed by atoms with Crippen LogP contribution < -0.4 is 21.9 Å². The number of rotatable bonds is 4. The van der Waals surface area contributed by atoms with Crippen molar-refractivity contribution in [2.24, 2.45) is 0 Å². The van der Waals surface area contributed by atoms with Gasteiger partial charge >= 0.3 is 0 Å². The number of aromatic hydroxyl groups is 1. The molecule has 0 heterocycles. The van der Waals surface area contributed by atoms with Crippen LogP contribution in [0.1, 0.15) is 5.56 Å². The molecule has 0 spiro atoms. The van der Waals surface area contributed by atoms with Gasteiger partial charge in [-0.25, -0.2) is 0 Å². The van der Waals surface area contributed by atoms with Crippen LogP contribution in [0.5, 0.6) is 5.75 Å². The minimum absolute atomic E-state index is 0.0386. The Hall–Kier alpha value is -0.0860. The third-order valence-electron chi connectivity index (χ3n) is 12.6. The van der Waals surface area contributed by atoms with Crippen molar-refractivity contribution in [1.82, 2.24) is 4.90 Å². The second-order valence-corrected chi connectivity index (χ2v) is 14.6. The lowest BCUT2D eigenvalue weighted by molar-refractivity contribution is -0.0781. The fourth-order valence-corrected chi connectivity index (χ4v) is 8.54. The molecule has 0 amide bonds. The van der Waals surface area contributed by atoms with Crippen LogP contribution in [0.3, 0.4) is 0 Å². The summed E-state index contributed by atoms with van der Waals surface area (Å²) in [5.74, 6) is 0.377. The SMILES string of the molecule is Bc1c(B)c(C(B)(CN(C)C)C2(O)C(B)(B)C(B)(B)C(B)(B)C(B)(B)C2(B)B)c(B)c(B)c1O. The van der Waals surface area contributed by atoms with Crippen molar-refractivity contribution in [2.75, 3.05) is 20.6 Å². The van der Waals surface area contributed by atoms with Gasteiger partial charge in [-0.3, -0.25) is 0 Å². The Bertz CT molecular complexity index is 950. The van der Waals surface area contributed by atoms with E-state index in [9.17, 15) is 10.2 Å². The Morgan fingerprint density at radius 1 is 0.647 bits per heavy atom. The van der Waals surface area contributed by atoms with E-state index in [0.29, 0.717) is 12.3 Å². The van der Waals surface area contributed by atoms with Crippen LogP contribution in [-0.4, -0.2) is 159 Å². The molecule has 0 saturated heterocycles. The van der Waals surface area contributed by atoms with Crippen molar-refractivity contribution in [3.8, 4) is 5.75 Å². The highest BCUT2D eigenvalue weighted by molar-refractivity contribution is 6.71. The summed E-state index contributed by atoms with van der Waals surface area (Å²) < 4.78 is 0. The normalized spacial score (nSPS) is 25.3. The van der Waals surface area contributed by atoms with Gasteiger partial charge in [0.2, 0.25) is 0 Å². The molecular formula is C16H40B15NO2. The summed E-state index contributed by atoms with van der Waals surface area (Å²) >= 11 is 0. The molecule has 1 aromatic carbocycles. The number of hydrogen-bond donors (Lipinski definition) is 2. The second-order valence-electron chi connectivity index (χ2n) is 14.6. The molecule has 1 unspecified atom stereocenters. The second kappa shape index (κ2) is 8.21. The first kappa shape index (κ1) is 30.1. The van der Waals surface area contributed by atoms with Crippen LogP contribution in [0.4, 0.5) is 0 Å². The van der Waals surface area contributed by atoms with E-state index < -0.39 is 21.3 Å². The molecule has 0 aromatic heterocycles. The minimum atomic E-state index is -1.08. The lowest BCUT2D eigenvalue weighted by Gasteiger charge is -2.81. The number of hydrogen-bond acceptors (Lipinski definition) is 3. The Morgan fingerprint density at radius 3 is 1.24 bits per heavy atom. The van der Waals surface area contributed by atoms with Crippen LogP contribution in [0.25, 0.3) is 0 Å². The van der Waals surface area contributed by atoms with Crippen molar-refractivity contribution in [1.29, 1.82) is 0 Å². The summed E-state index contributed by atoms with van der Waals surface area (Å²) in [6.45, 7) is 0.703. The monoisotopic (exact) mass is 443 g/mol. The zero-order chi connectivity index (χ0) is 27.2. The molecule has 0 aliphatic heterocycles. The van der Waals surface area contributed by atoms with Crippen LogP contribution in [0.15, 0.2) is 0 Å². The predicted molar refractivity (Wildman–Crippen MR) is 193 cm³/mol. The third kappa shape index (κ3) is 3.18. The summed E-state index contributed by atoms with van der Waals surface area (Å²) in [4.78, 5) is 2.22. The van der Waals surface area contributed by atoms with Crippen LogP contribution in [-0.2, 0) is 5.31 Å². The summed E-state index contributed by atoms with van der Waals surface area (Å²) in [7, 11) is 38.2. The first-order valence-electron chi connectivity index (χ1n) is 13.0. The van der Waals surface area contributed by atoms with E-state index in [4.69, 9.17) is 0 Å². The smallest absolute Gasteiger partial charge is 0.143 e. The Labute approximate surface area is 223 Å². The van der Waals surface area contributed by atoms with Gasteiger partial charge in [-0.05, 0) is 14.1 Å². The lowest BCUT2D eigenvalue weighted by atomic mass is 8.98. The molecule has 1 fully saturated rings. The van der Waals surface area contributed by atoms with Gasteiger partial charge in [0.15, 0.2) is 0 Å². The molecular weight excluding hydrogens is 400 g/mol. The Balaban J connectivity index is 3.23. The van der Waals surface area contributed by atoms with E-state index in [1.165, 1.54) is 5.56 Å². The molecule has 1 atom stereocenters. The molecule has 1 aliphatic carbocycles. The average molecular weight is 441 g/mol. The van der Waals surface area contributed by atoms with E-state index in [2.05, 4.69) is 121 Å². The first-order valence-corrected chi connectivity index (χ1v) is 13.0. The number of likely N-dealkylation sites (N-methyl/N-ethyl adjacent to an activating group) is 1. The summed E-state index contributed by atoms with van der Waals surface area (Å²) in [6.07, 6.45) is 0. The molecule has 2 N–H and O–H groups in total. The maximum atomic E-state index is 13.7. The van der Waals surface area contributed by atoms with E-state index in [0.717, 1.165) is 21.9 Å². The highest BCUT2D eigenvalue weighted by atomic mass is 16.3. The quantitative estimate of drug-likeness (QED) is 0.457. The molecule has 0 bridgehead atoms. The lowest BCUT2D eigenvalue weighted by Crippen LogP contribution is -2.80. The molecule has 3 nitrogen and oxygen atoms in total. The average Bonchev–Trinajstić information content (AvgIpc) is 2.67. The fourth-order valence-electron chi connectivity index (χ4n) is 8.54. The van der Waals surface area contributed by atoms with E-state index in [1.807, 2.05) is 15.7 Å². The molecule has 34 heavy (non-hydrogen) atoms. The zero-order valence-corrected chi connectivity index (χ0v) is 25.5. The highest BCUT2D eigenvalue weighted by Gasteiger charge is 2.76. The van der Waals surface area contributed by atoms with Gasteiger partial charge in [-0.2, -0.15) is 0 Å². The predicted octanol–water partition coefficient (Wildman–Crippen LogP) is -15.5. The van der Waals surface area contributed by atoms with E-state index in [1.54, 1.807) is 0 Å². The van der Waals surface area contributed by atoms with Gasteiger partial charge in [0.25, 0.3) is 0 Å². The molecule has 2 rings (SSSR count). The van der Waals surface area contributed by atoms with Crippen molar-refractivity contribution in [2.45, 2.75) is 37.0 Å².